The molecule has 0 saturated heterocycles. The molecule has 9 heteroatoms. The highest BCUT2D eigenvalue weighted by molar-refractivity contribution is 5.76. The monoisotopic (exact) mass is 747 g/mol. The van der Waals surface area contributed by atoms with E-state index in [1.165, 1.54) is 64.2 Å². The van der Waals surface area contributed by atoms with Crippen LogP contribution in [0.25, 0.3) is 0 Å². The van der Waals surface area contributed by atoms with Crippen LogP contribution in [0.2, 0.25) is 0 Å². The molecule has 0 saturated carbocycles. The molecule has 4 amide bonds. The van der Waals surface area contributed by atoms with Gasteiger partial charge in [0.25, 0.3) is 0 Å². The molecule has 2 N–H and O–H groups in total. The van der Waals surface area contributed by atoms with Gasteiger partial charge in [-0.3, -0.25) is 19.2 Å². The van der Waals surface area contributed by atoms with Crippen molar-refractivity contribution < 1.29 is 23.9 Å². The molecule has 0 heterocycles. The lowest BCUT2D eigenvalue weighted by Gasteiger charge is -2.20. The molecular formula is C44H82N4O5. The Labute approximate surface area is 325 Å². The summed E-state index contributed by atoms with van der Waals surface area (Å²) < 4.78 is 5.98. The molecule has 0 aliphatic rings. The summed E-state index contributed by atoms with van der Waals surface area (Å²) in [5.41, 5.74) is 0. The number of amides is 4. The van der Waals surface area contributed by atoms with Gasteiger partial charge >= 0.3 is 0 Å². The van der Waals surface area contributed by atoms with Gasteiger partial charge < -0.3 is 25.2 Å². The second kappa shape index (κ2) is 36.3. The number of carbonyl (C=O) groups excluding carboxylic acids is 4. The number of nitrogens with one attached hydrogen (secondary N) is 2. The molecule has 9 nitrogen and oxygen atoms in total. The molecule has 308 valence electrons. The van der Waals surface area contributed by atoms with Crippen LogP contribution < -0.4 is 10.6 Å². The summed E-state index contributed by atoms with van der Waals surface area (Å²) in [5.74, 6) is 0.522. The first-order valence-corrected chi connectivity index (χ1v) is 21.4. The van der Waals surface area contributed by atoms with Crippen molar-refractivity contribution in [3.05, 3.63) is 25.3 Å². The van der Waals surface area contributed by atoms with Crippen molar-refractivity contribution >= 4 is 23.6 Å². The highest BCUT2D eigenvalue weighted by atomic mass is 16.5. The number of ether oxygens (including phenoxy) is 1. The molecule has 0 aromatic rings. The van der Waals surface area contributed by atoms with Gasteiger partial charge in [0.15, 0.2) is 0 Å². The van der Waals surface area contributed by atoms with Crippen LogP contribution >= 0.6 is 0 Å². The Bertz CT molecular complexity index is 884. The first kappa shape index (κ1) is 50.3. The largest absolute Gasteiger partial charge is 0.381 e. The van der Waals surface area contributed by atoms with Crippen LogP contribution in [0.4, 0.5) is 0 Å². The molecule has 1 unspecified atom stereocenters. The van der Waals surface area contributed by atoms with E-state index in [0.717, 1.165) is 103 Å². The summed E-state index contributed by atoms with van der Waals surface area (Å²) in [4.78, 5) is 51.7. The maximum atomic E-state index is 12.2. The summed E-state index contributed by atoms with van der Waals surface area (Å²) >= 11 is 0. The first-order chi connectivity index (χ1) is 25.6. The average molecular weight is 747 g/mol. The Morgan fingerprint density at radius 1 is 0.509 bits per heavy atom. The zero-order chi connectivity index (χ0) is 39.4. The van der Waals surface area contributed by atoms with Gasteiger partial charge in [0, 0.05) is 79.2 Å². The number of carbonyl (C=O) groups is 4. The lowest BCUT2D eigenvalue weighted by molar-refractivity contribution is -0.130. The van der Waals surface area contributed by atoms with E-state index >= 15 is 0 Å². The third-order valence-electron chi connectivity index (χ3n) is 10.1. The smallest absolute Gasteiger partial charge is 0.222 e. The topological polar surface area (TPSA) is 108 Å². The molecule has 53 heavy (non-hydrogen) atoms. The zero-order valence-corrected chi connectivity index (χ0v) is 34.9. The molecule has 0 radical (unpaired) electrons. The van der Waals surface area contributed by atoms with Gasteiger partial charge in [0.05, 0.1) is 0 Å². The molecule has 0 rings (SSSR count). The van der Waals surface area contributed by atoms with Crippen LogP contribution in [-0.2, 0) is 23.9 Å². The Morgan fingerprint density at radius 2 is 0.830 bits per heavy atom. The van der Waals surface area contributed by atoms with E-state index in [-0.39, 0.29) is 35.7 Å². The minimum Gasteiger partial charge on any atom is -0.381 e. The van der Waals surface area contributed by atoms with Crippen molar-refractivity contribution in [2.45, 2.75) is 193 Å². The predicted octanol–water partition coefficient (Wildman–Crippen LogP) is 9.44. The van der Waals surface area contributed by atoms with E-state index in [1.807, 2.05) is 36.0 Å². The maximum absolute atomic E-state index is 12.2. The van der Waals surface area contributed by atoms with E-state index in [1.54, 1.807) is 13.8 Å². The molecule has 0 aromatic carbocycles. The summed E-state index contributed by atoms with van der Waals surface area (Å²) in [5, 5.41) is 6.22. The third kappa shape index (κ3) is 33.6. The van der Waals surface area contributed by atoms with Gasteiger partial charge in [-0.15, -0.1) is 13.2 Å². The molecule has 0 fully saturated rings. The fourth-order valence-corrected chi connectivity index (χ4v) is 6.74. The second-order valence-electron chi connectivity index (χ2n) is 15.2. The van der Waals surface area contributed by atoms with E-state index in [0.29, 0.717) is 26.1 Å². The van der Waals surface area contributed by atoms with E-state index < -0.39 is 0 Å². The molecule has 0 spiro atoms. The van der Waals surface area contributed by atoms with Crippen molar-refractivity contribution in [2.24, 2.45) is 0 Å². The normalized spacial score (nSPS) is 12.2. The van der Waals surface area contributed by atoms with Crippen LogP contribution in [-0.4, -0.2) is 85.9 Å². The van der Waals surface area contributed by atoms with Gasteiger partial charge in [0.2, 0.25) is 23.6 Å². The Kier molecular flexibility index (Phi) is 34.5. The number of unbranched alkanes of at least 4 members (excludes halogenated alkanes) is 16. The standard InChI is InChI=1S/C44H82N4O5/c1-7-9-27-35-47(5)43(51)31-25-21-17-13-11-15-19-23-29-41(45-39(3)49)33-37-53-38-34-42(46-40(4)50)30-24-20-16-12-14-18-22-26-32-44(52)48(6)36-28-10-8-2/h7-8,41-42H,1-2,9-38H2,3-6H3,(H,45,49)(H,46,50)/t41-,42?/m1/s1. The Hall–Kier alpha value is -2.68. The first-order valence-electron chi connectivity index (χ1n) is 21.4. The summed E-state index contributed by atoms with van der Waals surface area (Å²) in [7, 11) is 3.80. The fraction of sp³-hybridized carbons (Fsp3) is 0.818. The summed E-state index contributed by atoms with van der Waals surface area (Å²) in [6.45, 7) is 13.5. The zero-order valence-electron chi connectivity index (χ0n) is 34.9. The molecule has 0 bridgehead atoms. The van der Waals surface area contributed by atoms with Gasteiger partial charge in [-0.2, -0.15) is 0 Å². The van der Waals surface area contributed by atoms with Crippen LogP contribution in [0.3, 0.4) is 0 Å². The minimum atomic E-state index is 0.00715. The van der Waals surface area contributed by atoms with Crippen LogP contribution in [0, 0.1) is 0 Å². The third-order valence-corrected chi connectivity index (χ3v) is 10.1. The minimum absolute atomic E-state index is 0.00715. The summed E-state index contributed by atoms with van der Waals surface area (Å²) in [6.07, 6.45) is 30.9. The lowest BCUT2D eigenvalue weighted by atomic mass is 10.0. The van der Waals surface area contributed by atoms with Crippen molar-refractivity contribution in [3.8, 4) is 0 Å². The van der Waals surface area contributed by atoms with Crippen molar-refractivity contribution in [3.63, 3.8) is 0 Å². The highest BCUT2D eigenvalue weighted by Gasteiger charge is 2.13. The van der Waals surface area contributed by atoms with Gasteiger partial charge in [0.1, 0.15) is 0 Å². The molecule has 0 aromatic heterocycles. The number of hydrogen-bond donors (Lipinski definition) is 2. The predicted molar refractivity (Wildman–Crippen MR) is 222 cm³/mol. The Balaban J connectivity index is 4.00. The maximum Gasteiger partial charge on any atom is 0.222 e. The van der Waals surface area contributed by atoms with Crippen molar-refractivity contribution in [2.75, 3.05) is 40.4 Å². The molecule has 0 aliphatic carbocycles. The van der Waals surface area contributed by atoms with E-state index in [9.17, 15) is 19.2 Å². The molecule has 2 atom stereocenters. The SMILES string of the molecule is C=CCCCN(C)C(=O)CCCCCCCCCCC(CCOCC[C@@H](CCCCCCCCCCC(=O)N(C)CCCC=C)NC(C)=O)NC(C)=O. The van der Waals surface area contributed by atoms with Crippen LogP contribution in [0.15, 0.2) is 25.3 Å². The molecular weight excluding hydrogens is 665 g/mol. The number of allylic oxidation sites excluding steroid dienone is 2. The second-order valence-corrected chi connectivity index (χ2v) is 15.2. The van der Waals surface area contributed by atoms with Crippen molar-refractivity contribution in [1.29, 1.82) is 0 Å². The van der Waals surface area contributed by atoms with E-state index in [4.69, 9.17) is 4.74 Å². The molecule has 0 aliphatic heterocycles. The highest BCUT2D eigenvalue weighted by Crippen LogP contribution is 2.15. The van der Waals surface area contributed by atoms with Gasteiger partial charge in [-0.05, 0) is 64.2 Å². The fourth-order valence-electron chi connectivity index (χ4n) is 6.74. The van der Waals surface area contributed by atoms with Crippen molar-refractivity contribution in [1.82, 2.24) is 20.4 Å². The number of nitrogens with zero attached hydrogens (tertiary/aromatic N) is 2. The van der Waals surface area contributed by atoms with Gasteiger partial charge in [-0.25, -0.2) is 0 Å². The average Bonchev–Trinajstić information content (AvgIpc) is 3.11. The lowest BCUT2D eigenvalue weighted by Crippen LogP contribution is -2.35. The number of rotatable bonds is 38. The van der Waals surface area contributed by atoms with Crippen LogP contribution in [0.5, 0.6) is 0 Å². The summed E-state index contributed by atoms with van der Waals surface area (Å²) in [6, 6.07) is 0.264. The number of hydrogen-bond acceptors (Lipinski definition) is 5. The Morgan fingerprint density at radius 3 is 1.15 bits per heavy atom. The van der Waals surface area contributed by atoms with E-state index in [2.05, 4.69) is 23.8 Å². The van der Waals surface area contributed by atoms with Crippen LogP contribution in [0.1, 0.15) is 181 Å². The van der Waals surface area contributed by atoms with Gasteiger partial charge in [-0.1, -0.05) is 102 Å². The quantitative estimate of drug-likeness (QED) is 0.0484.